The van der Waals surface area contributed by atoms with Crippen molar-refractivity contribution in [2.24, 2.45) is 0 Å². The maximum Gasteiger partial charge on any atom is 0.142 e. The molecule has 0 aliphatic heterocycles. The second-order valence-corrected chi connectivity index (χ2v) is 3.30. The van der Waals surface area contributed by atoms with Gasteiger partial charge in [0.05, 0.1) is 18.7 Å². The summed E-state index contributed by atoms with van der Waals surface area (Å²) in [6.07, 6.45) is 0. The molecule has 5 heteroatoms. The normalized spacial score (nSPS) is 10.7. The Hall–Kier alpha value is -0.840. The zero-order valence-corrected chi connectivity index (χ0v) is 8.68. The number of methoxy groups -OCH3 is 1. The van der Waals surface area contributed by atoms with Crippen LogP contribution in [0.1, 0.15) is 5.56 Å². The number of benzene rings is 1. The Kier molecular flexibility index (Phi) is 3.69. The molecule has 0 aromatic heterocycles. The summed E-state index contributed by atoms with van der Waals surface area (Å²) in [5.74, 6) is -0.0679. The highest BCUT2D eigenvalue weighted by Gasteiger charge is 2.11. The first kappa shape index (κ1) is 11.2. The van der Waals surface area contributed by atoms with Crippen LogP contribution < -0.4 is 4.74 Å². The number of halogens is 2. The molecule has 0 radical (unpaired) electrons. The van der Waals surface area contributed by atoms with E-state index in [4.69, 9.17) is 21.5 Å². The van der Waals surface area contributed by atoms with Crippen molar-refractivity contribution in [3.05, 3.63) is 28.5 Å². The van der Waals surface area contributed by atoms with E-state index in [0.717, 1.165) is 5.06 Å². The molecule has 0 atom stereocenters. The zero-order chi connectivity index (χ0) is 10.7. The Morgan fingerprint density at radius 3 is 2.71 bits per heavy atom. The van der Waals surface area contributed by atoms with Crippen molar-refractivity contribution in [3.8, 4) is 5.75 Å². The molecule has 1 N–H and O–H groups in total. The Bertz CT molecular complexity index is 331. The third kappa shape index (κ3) is 2.57. The molecule has 0 saturated heterocycles. The van der Waals surface area contributed by atoms with Gasteiger partial charge in [-0.15, -0.1) is 0 Å². The zero-order valence-electron chi connectivity index (χ0n) is 7.92. The minimum atomic E-state index is -0.451. The molecule has 0 saturated carbocycles. The second kappa shape index (κ2) is 4.59. The van der Waals surface area contributed by atoms with Crippen LogP contribution in [0.3, 0.4) is 0 Å². The summed E-state index contributed by atoms with van der Waals surface area (Å²) >= 11 is 5.75. The maximum atomic E-state index is 13.0. The topological polar surface area (TPSA) is 32.7 Å². The molecule has 1 aromatic rings. The van der Waals surface area contributed by atoms with Crippen molar-refractivity contribution in [2.45, 2.75) is 6.54 Å². The van der Waals surface area contributed by atoms with Crippen LogP contribution >= 0.6 is 11.6 Å². The molecule has 0 bridgehead atoms. The maximum absolute atomic E-state index is 13.0. The number of hydroxylamine groups is 2. The van der Waals surface area contributed by atoms with Gasteiger partial charge in [-0.3, -0.25) is 0 Å². The lowest BCUT2D eigenvalue weighted by atomic mass is 10.2. The van der Waals surface area contributed by atoms with Crippen molar-refractivity contribution in [1.29, 1.82) is 0 Å². The Morgan fingerprint density at radius 1 is 1.57 bits per heavy atom. The molecule has 1 aromatic carbocycles. The monoisotopic (exact) mass is 219 g/mol. The smallest absolute Gasteiger partial charge is 0.142 e. The average Bonchev–Trinajstić information content (AvgIpc) is 2.01. The van der Waals surface area contributed by atoms with Crippen molar-refractivity contribution in [3.63, 3.8) is 0 Å². The fraction of sp³-hybridized carbons (Fsp3) is 0.333. The minimum absolute atomic E-state index is 0.153. The number of hydrogen-bond donors (Lipinski definition) is 1. The van der Waals surface area contributed by atoms with Crippen LogP contribution in [-0.2, 0) is 6.54 Å². The van der Waals surface area contributed by atoms with E-state index in [1.165, 1.54) is 26.3 Å². The van der Waals surface area contributed by atoms with E-state index < -0.39 is 5.82 Å². The van der Waals surface area contributed by atoms with Crippen molar-refractivity contribution < 1.29 is 14.3 Å². The van der Waals surface area contributed by atoms with E-state index in [0.29, 0.717) is 11.3 Å². The lowest BCUT2D eigenvalue weighted by molar-refractivity contribution is -0.0735. The van der Waals surface area contributed by atoms with Gasteiger partial charge in [-0.1, -0.05) is 11.6 Å². The molecule has 3 nitrogen and oxygen atoms in total. The number of rotatable bonds is 3. The van der Waals surface area contributed by atoms with Gasteiger partial charge in [0.25, 0.3) is 0 Å². The van der Waals surface area contributed by atoms with Gasteiger partial charge in [0, 0.05) is 12.6 Å². The first-order valence-electron chi connectivity index (χ1n) is 3.96. The fourth-order valence-corrected chi connectivity index (χ4v) is 1.51. The summed E-state index contributed by atoms with van der Waals surface area (Å²) in [7, 11) is 2.90. The van der Waals surface area contributed by atoms with Gasteiger partial charge in [0.1, 0.15) is 11.6 Å². The SMILES string of the molecule is COc1c(Cl)cc(F)cc1CN(C)O. The molecule has 78 valence electrons. The number of nitrogens with zero attached hydrogens (tertiary/aromatic N) is 1. The summed E-state index contributed by atoms with van der Waals surface area (Å²) in [6.45, 7) is 0.153. The summed E-state index contributed by atoms with van der Waals surface area (Å²) < 4.78 is 18.0. The summed E-state index contributed by atoms with van der Waals surface area (Å²) in [5, 5.41) is 10.1. The minimum Gasteiger partial charge on any atom is -0.495 e. The largest absolute Gasteiger partial charge is 0.495 e. The average molecular weight is 220 g/mol. The summed E-state index contributed by atoms with van der Waals surface area (Å²) in [5.41, 5.74) is 0.502. The van der Waals surface area contributed by atoms with E-state index in [-0.39, 0.29) is 11.6 Å². The molecular weight excluding hydrogens is 209 g/mol. The van der Waals surface area contributed by atoms with Crippen LogP contribution in [-0.4, -0.2) is 24.4 Å². The van der Waals surface area contributed by atoms with E-state index >= 15 is 0 Å². The van der Waals surface area contributed by atoms with Crippen LogP contribution in [0.25, 0.3) is 0 Å². The Balaban J connectivity index is 3.11. The van der Waals surface area contributed by atoms with Gasteiger partial charge >= 0.3 is 0 Å². The van der Waals surface area contributed by atoms with Crippen molar-refractivity contribution >= 4 is 11.6 Å². The molecule has 0 amide bonds. The fourth-order valence-electron chi connectivity index (χ4n) is 1.21. The molecular formula is C9H11ClFNO2. The van der Waals surface area contributed by atoms with E-state index in [9.17, 15) is 4.39 Å². The van der Waals surface area contributed by atoms with Crippen molar-refractivity contribution in [1.82, 2.24) is 5.06 Å². The highest BCUT2D eigenvalue weighted by atomic mass is 35.5. The van der Waals surface area contributed by atoms with E-state index in [2.05, 4.69) is 0 Å². The molecule has 0 heterocycles. The van der Waals surface area contributed by atoms with Gasteiger partial charge < -0.3 is 9.94 Å². The summed E-state index contributed by atoms with van der Waals surface area (Å²) in [4.78, 5) is 0. The molecule has 0 aliphatic rings. The van der Waals surface area contributed by atoms with E-state index in [1.807, 2.05) is 0 Å². The van der Waals surface area contributed by atoms with Crippen molar-refractivity contribution in [2.75, 3.05) is 14.2 Å². The van der Waals surface area contributed by atoms with Crippen LogP contribution in [0.15, 0.2) is 12.1 Å². The second-order valence-electron chi connectivity index (χ2n) is 2.90. The third-order valence-corrected chi connectivity index (χ3v) is 1.97. The summed E-state index contributed by atoms with van der Waals surface area (Å²) in [6, 6.07) is 2.44. The Labute approximate surface area is 86.6 Å². The quantitative estimate of drug-likeness (QED) is 0.792. The number of ether oxygens (including phenoxy) is 1. The lowest BCUT2D eigenvalue weighted by Gasteiger charge is -2.13. The van der Waals surface area contributed by atoms with Gasteiger partial charge in [-0.05, 0) is 12.1 Å². The molecule has 0 aliphatic carbocycles. The van der Waals surface area contributed by atoms with Crippen LogP contribution in [0.2, 0.25) is 5.02 Å². The predicted octanol–water partition coefficient (Wildman–Crippen LogP) is 2.31. The molecule has 0 fully saturated rings. The van der Waals surface area contributed by atoms with Gasteiger partial charge in [-0.2, -0.15) is 5.06 Å². The van der Waals surface area contributed by atoms with Gasteiger partial charge in [0.15, 0.2) is 0 Å². The molecule has 0 unspecified atom stereocenters. The molecule has 1 rings (SSSR count). The standard InChI is InChI=1S/C9H11ClFNO2/c1-12(13)5-6-3-7(11)4-8(10)9(6)14-2/h3-4,13H,5H2,1-2H3. The first-order valence-corrected chi connectivity index (χ1v) is 4.34. The van der Waals surface area contributed by atoms with Crippen LogP contribution in [0.4, 0.5) is 4.39 Å². The van der Waals surface area contributed by atoms with E-state index in [1.54, 1.807) is 0 Å². The molecule has 0 spiro atoms. The molecule has 14 heavy (non-hydrogen) atoms. The van der Waals surface area contributed by atoms with Gasteiger partial charge in [0.2, 0.25) is 0 Å². The highest BCUT2D eigenvalue weighted by Crippen LogP contribution is 2.30. The van der Waals surface area contributed by atoms with Crippen LogP contribution in [0.5, 0.6) is 5.75 Å². The predicted molar refractivity (Wildman–Crippen MR) is 51.2 cm³/mol. The van der Waals surface area contributed by atoms with Gasteiger partial charge in [-0.25, -0.2) is 4.39 Å². The highest BCUT2D eigenvalue weighted by molar-refractivity contribution is 6.32. The van der Waals surface area contributed by atoms with Crippen LogP contribution in [0, 0.1) is 5.82 Å². The third-order valence-electron chi connectivity index (χ3n) is 1.69. The number of hydrogen-bond acceptors (Lipinski definition) is 3. The first-order chi connectivity index (χ1) is 6.54. The Morgan fingerprint density at radius 2 is 2.21 bits per heavy atom. The lowest BCUT2D eigenvalue weighted by Crippen LogP contribution is -2.12.